The van der Waals surface area contributed by atoms with Crippen LogP contribution in [-0.4, -0.2) is 67.7 Å². The van der Waals surface area contributed by atoms with Crippen molar-refractivity contribution in [2.75, 3.05) is 39.9 Å². The SMILES string of the molecule is COCc1ccc(C(=O)N(CC2CCN(C3CCCC3)CC2)C[C@H]2CCCO2)o1. The molecular weight excluding hydrogens is 368 g/mol. The van der Waals surface area contributed by atoms with E-state index in [0.29, 0.717) is 30.6 Å². The summed E-state index contributed by atoms with van der Waals surface area (Å²) in [7, 11) is 1.63. The Morgan fingerprint density at radius 1 is 1.10 bits per heavy atom. The third-order valence-corrected chi connectivity index (χ3v) is 6.86. The average molecular weight is 405 g/mol. The fourth-order valence-corrected chi connectivity index (χ4v) is 5.22. The molecule has 1 amide bonds. The molecule has 2 aliphatic heterocycles. The van der Waals surface area contributed by atoms with Gasteiger partial charge in [0.1, 0.15) is 12.4 Å². The molecule has 0 bridgehead atoms. The summed E-state index contributed by atoms with van der Waals surface area (Å²) in [6.07, 6.45) is 10.2. The van der Waals surface area contributed by atoms with Crippen LogP contribution in [0.3, 0.4) is 0 Å². The van der Waals surface area contributed by atoms with E-state index in [2.05, 4.69) is 4.90 Å². The Morgan fingerprint density at radius 2 is 1.90 bits per heavy atom. The minimum Gasteiger partial charge on any atom is -0.453 e. The van der Waals surface area contributed by atoms with Crippen molar-refractivity contribution < 1.29 is 18.7 Å². The van der Waals surface area contributed by atoms with Crippen molar-refractivity contribution in [3.63, 3.8) is 0 Å². The van der Waals surface area contributed by atoms with Crippen molar-refractivity contribution in [1.29, 1.82) is 0 Å². The van der Waals surface area contributed by atoms with Gasteiger partial charge in [-0.15, -0.1) is 0 Å². The number of ether oxygens (including phenoxy) is 2. The van der Waals surface area contributed by atoms with Crippen molar-refractivity contribution >= 4 is 5.91 Å². The number of rotatable bonds is 8. The maximum Gasteiger partial charge on any atom is 0.289 e. The van der Waals surface area contributed by atoms with Gasteiger partial charge in [0.25, 0.3) is 5.91 Å². The van der Waals surface area contributed by atoms with E-state index in [9.17, 15) is 4.79 Å². The second kappa shape index (κ2) is 10.1. The van der Waals surface area contributed by atoms with Gasteiger partial charge < -0.3 is 23.7 Å². The molecule has 162 valence electrons. The first kappa shape index (κ1) is 20.9. The van der Waals surface area contributed by atoms with Crippen LogP contribution in [0.15, 0.2) is 16.5 Å². The van der Waals surface area contributed by atoms with Crippen LogP contribution in [0.2, 0.25) is 0 Å². The van der Waals surface area contributed by atoms with E-state index >= 15 is 0 Å². The van der Waals surface area contributed by atoms with Gasteiger partial charge in [-0.05, 0) is 69.7 Å². The molecule has 3 fully saturated rings. The predicted molar refractivity (Wildman–Crippen MR) is 111 cm³/mol. The lowest BCUT2D eigenvalue weighted by Gasteiger charge is -2.38. The first-order valence-electron chi connectivity index (χ1n) is 11.5. The summed E-state index contributed by atoms with van der Waals surface area (Å²) in [6, 6.07) is 4.42. The highest BCUT2D eigenvalue weighted by atomic mass is 16.5. The molecule has 29 heavy (non-hydrogen) atoms. The first-order chi connectivity index (χ1) is 14.2. The zero-order chi connectivity index (χ0) is 20.1. The van der Waals surface area contributed by atoms with Gasteiger partial charge in [0.15, 0.2) is 5.76 Å². The van der Waals surface area contributed by atoms with Crippen LogP contribution >= 0.6 is 0 Å². The molecule has 1 aromatic rings. The van der Waals surface area contributed by atoms with Crippen LogP contribution < -0.4 is 0 Å². The van der Waals surface area contributed by atoms with Crippen molar-refractivity contribution in [1.82, 2.24) is 9.80 Å². The summed E-state index contributed by atoms with van der Waals surface area (Å²) in [6.45, 7) is 5.02. The molecule has 3 heterocycles. The summed E-state index contributed by atoms with van der Waals surface area (Å²) in [4.78, 5) is 17.9. The Labute approximate surface area is 174 Å². The number of amides is 1. The number of furan rings is 1. The van der Waals surface area contributed by atoms with Crippen LogP contribution in [0, 0.1) is 5.92 Å². The lowest BCUT2D eigenvalue weighted by Crippen LogP contribution is -2.45. The quantitative estimate of drug-likeness (QED) is 0.661. The summed E-state index contributed by atoms with van der Waals surface area (Å²) >= 11 is 0. The molecule has 3 aliphatic rings. The molecule has 1 aliphatic carbocycles. The monoisotopic (exact) mass is 404 g/mol. The van der Waals surface area contributed by atoms with Gasteiger partial charge in [-0.25, -0.2) is 0 Å². The van der Waals surface area contributed by atoms with Crippen LogP contribution in [-0.2, 0) is 16.1 Å². The van der Waals surface area contributed by atoms with Crippen molar-refractivity contribution in [3.8, 4) is 0 Å². The van der Waals surface area contributed by atoms with Gasteiger partial charge in [0.2, 0.25) is 0 Å². The van der Waals surface area contributed by atoms with Crippen LogP contribution in [0.1, 0.15) is 67.7 Å². The van der Waals surface area contributed by atoms with Gasteiger partial charge in [0.05, 0.1) is 6.10 Å². The summed E-state index contributed by atoms with van der Waals surface area (Å²) in [5.74, 6) is 1.66. The Balaban J connectivity index is 1.36. The lowest BCUT2D eigenvalue weighted by atomic mass is 9.94. The Morgan fingerprint density at radius 3 is 2.59 bits per heavy atom. The molecule has 0 radical (unpaired) electrons. The number of hydrogen-bond acceptors (Lipinski definition) is 5. The predicted octanol–water partition coefficient (Wildman–Crippen LogP) is 3.70. The fraction of sp³-hybridized carbons (Fsp3) is 0.783. The number of nitrogens with zero attached hydrogens (tertiary/aromatic N) is 2. The largest absolute Gasteiger partial charge is 0.453 e. The van der Waals surface area contributed by atoms with E-state index in [-0.39, 0.29) is 12.0 Å². The van der Waals surface area contributed by atoms with E-state index in [0.717, 1.165) is 32.0 Å². The molecule has 4 rings (SSSR count). The molecule has 1 aromatic heterocycles. The number of hydrogen-bond donors (Lipinski definition) is 0. The maximum absolute atomic E-state index is 13.2. The third-order valence-electron chi connectivity index (χ3n) is 6.86. The zero-order valence-electron chi connectivity index (χ0n) is 17.8. The second-order valence-corrected chi connectivity index (χ2v) is 8.96. The molecule has 6 heteroatoms. The number of likely N-dealkylation sites (tertiary alicyclic amines) is 1. The van der Waals surface area contributed by atoms with Crippen molar-refractivity contribution in [2.45, 2.75) is 70.1 Å². The fourth-order valence-electron chi connectivity index (χ4n) is 5.22. The number of methoxy groups -OCH3 is 1. The molecule has 1 saturated carbocycles. The smallest absolute Gasteiger partial charge is 0.289 e. The third kappa shape index (κ3) is 5.41. The lowest BCUT2D eigenvalue weighted by molar-refractivity contribution is 0.0404. The van der Waals surface area contributed by atoms with Crippen LogP contribution in [0.25, 0.3) is 0 Å². The molecule has 6 nitrogen and oxygen atoms in total. The minimum atomic E-state index is -0.0129. The van der Waals surface area contributed by atoms with Gasteiger partial charge in [-0.3, -0.25) is 4.79 Å². The van der Waals surface area contributed by atoms with Gasteiger partial charge in [-0.2, -0.15) is 0 Å². The Bertz CT molecular complexity index is 641. The average Bonchev–Trinajstić information content (AvgIpc) is 3.50. The summed E-state index contributed by atoms with van der Waals surface area (Å²) in [5, 5.41) is 0. The Hall–Kier alpha value is -1.37. The maximum atomic E-state index is 13.2. The van der Waals surface area contributed by atoms with E-state index in [1.807, 2.05) is 11.0 Å². The van der Waals surface area contributed by atoms with E-state index in [1.165, 1.54) is 51.6 Å². The highest BCUT2D eigenvalue weighted by Crippen LogP contribution is 2.29. The van der Waals surface area contributed by atoms with E-state index in [4.69, 9.17) is 13.9 Å². The van der Waals surface area contributed by atoms with Crippen LogP contribution in [0.4, 0.5) is 0 Å². The zero-order valence-corrected chi connectivity index (χ0v) is 17.8. The highest BCUT2D eigenvalue weighted by Gasteiger charge is 2.31. The molecule has 2 saturated heterocycles. The number of carbonyl (C=O) groups is 1. The molecule has 1 atom stereocenters. The van der Waals surface area contributed by atoms with Gasteiger partial charge in [0, 0.05) is 32.8 Å². The van der Waals surface area contributed by atoms with Crippen molar-refractivity contribution in [2.24, 2.45) is 5.92 Å². The molecule has 0 spiro atoms. The summed E-state index contributed by atoms with van der Waals surface area (Å²) in [5.41, 5.74) is 0. The number of carbonyl (C=O) groups excluding carboxylic acids is 1. The minimum absolute atomic E-state index is 0.0129. The van der Waals surface area contributed by atoms with Gasteiger partial charge >= 0.3 is 0 Å². The van der Waals surface area contributed by atoms with Crippen LogP contribution in [0.5, 0.6) is 0 Å². The second-order valence-electron chi connectivity index (χ2n) is 8.96. The van der Waals surface area contributed by atoms with Gasteiger partial charge in [-0.1, -0.05) is 12.8 Å². The van der Waals surface area contributed by atoms with Crippen molar-refractivity contribution in [3.05, 3.63) is 23.7 Å². The normalized spacial score (nSPS) is 24.4. The highest BCUT2D eigenvalue weighted by molar-refractivity contribution is 5.91. The topological polar surface area (TPSA) is 55.2 Å². The molecular formula is C23H36N2O4. The standard InChI is InChI=1S/C23H36N2O4/c1-27-17-21-8-9-22(29-21)23(26)25(16-20-7-4-14-28-20)15-18-10-12-24(13-11-18)19-5-2-3-6-19/h8-9,18-20H,2-7,10-17H2,1H3/t20-/m1/s1. The molecule has 0 unspecified atom stereocenters. The first-order valence-corrected chi connectivity index (χ1v) is 11.5. The van der Waals surface area contributed by atoms with E-state index < -0.39 is 0 Å². The molecule has 0 aromatic carbocycles. The van der Waals surface area contributed by atoms with E-state index in [1.54, 1.807) is 13.2 Å². The number of piperidine rings is 1. The summed E-state index contributed by atoms with van der Waals surface area (Å²) < 4.78 is 16.7. The molecule has 0 N–H and O–H groups in total. The Kier molecular flexibility index (Phi) is 7.27.